The minimum atomic E-state index is -1.44. The van der Waals surface area contributed by atoms with E-state index in [4.69, 9.17) is 28.4 Å². The van der Waals surface area contributed by atoms with E-state index in [0.29, 0.717) is 0 Å². The Kier molecular flexibility index (Phi) is 9.95. The van der Waals surface area contributed by atoms with Crippen molar-refractivity contribution in [3.63, 3.8) is 0 Å². The van der Waals surface area contributed by atoms with Crippen molar-refractivity contribution in [2.75, 3.05) is 19.8 Å². The van der Waals surface area contributed by atoms with Gasteiger partial charge in [0.05, 0.1) is 13.2 Å². The molecular weight excluding hydrogens is 396 g/mol. The normalized spacial score (nSPS) is 26.5. The van der Waals surface area contributed by atoms with Crippen LogP contribution in [0.25, 0.3) is 0 Å². The number of esters is 4. The van der Waals surface area contributed by atoms with Crippen LogP contribution in [-0.4, -0.2) is 90.7 Å². The third-order valence-corrected chi connectivity index (χ3v) is 3.68. The first-order valence-electron chi connectivity index (χ1n) is 8.76. The maximum absolute atomic E-state index is 11.6. The Morgan fingerprint density at radius 1 is 0.793 bits per heavy atom. The topological polar surface area (TPSA) is 164 Å². The van der Waals surface area contributed by atoms with Crippen LogP contribution in [0.2, 0.25) is 0 Å². The molecule has 2 N–H and O–H groups in total. The standard InChI is InChI=1S/C17H26O12/c1-8(20)24-7-13-14(25-9(2)21)15(26-10(3)22)16(27-11(4)23)17(29-13)28-12(5-18)6-19/h12-19H,5-7H2,1-4H3. The molecule has 0 aromatic heterocycles. The summed E-state index contributed by atoms with van der Waals surface area (Å²) in [6.45, 7) is 2.84. The highest BCUT2D eigenvalue weighted by Gasteiger charge is 2.53. The fourth-order valence-electron chi connectivity index (χ4n) is 2.63. The Bertz CT molecular complexity index is 587. The summed E-state index contributed by atoms with van der Waals surface area (Å²) in [5, 5.41) is 18.6. The molecule has 5 atom stereocenters. The Labute approximate surface area is 166 Å². The van der Waals surface area contributed by atoms with E-state index < -0.39 is 80.5 Å². The molecule has 0 aromatic carbocycles. The number of ether oxygens (including phenoxy) is 6. The Morgan fingerprint density at radius 3 is 1.72 bits per heavy atom. The van der Waals surface area contributed by atoms with Crippen molar-refractivity contribution in [1.29, 1.82) is 0 Å². The number of rotatable bonds is 9. The molecule has 1 fully saturated rings. The maximum atomic E-state index is 11.6. The summed E-state index contributed by atoms with van der Waals surface area (Å²) < 4.78 is 31.6. The smallest absolute Gasteiger partial charge is 0.303 e. The molecule has 0 radical (unpaired) electrons. The lowest BCUT2D eigenvalue weighted by Gasteiger charge is -2.44. The average Bonchev–Trinajstić information content (AvgIpc) is 2.61. The van der Waals surface area contributed by atoms with E-state index in [1.807, 2.05) is 0 Å². The zero-order valence-electron chi connectivity index (χ0n) is 16.6. The third kappa shape index (κ3) is 7.93. The molecule has 0 bridgehead atoms. The molecule has 29 heavy (non-hydrogen) atoms. The van der Waals surface area contributed by atoms with Gasteiger partial charge in [0.2, 0.25) is 0 Å². The lowest BCUT2D eigenvalue weighted by molar-refractivity contribution is -0.320. The molecule has 0 aliphatic carbocycles. The second-order valence-electron chi connectivity index (χ2n) is 6.19. The zero-order valence-corrected chi connectivity index (χ0v) is 16.6. The zero-order chi connectivity index (χ0) is 22.1. The average molecular weight is 422 g/mol. The fraction of sp³-hybridized carbons (Fsp3) is 0.765. The van der Waals surface area contributed by atoms with Gasteiger partial charge in [-0.15, -0.1) is 0 Å². The van der Waals surface area contributed by atoms with E-state index in [1.165, 1.54) is 0 Å². The fourth-order valence-corrected chi connectivity index (χ4v) is 2.63. The number of aliphatic hydroxyl groups is 2. The van der Waals surface area contributed by atoms with Crippen molar-refractivity contribution in [2.24, 2.45) is 0 Å². The highest BCUT2D eigenvalue weighted by atomic mass is 16.7. The molecule has 1 aliphatic heterocycles. The van der Waals surface area contributed by atoms with Crippen molar-refractivity contribution >= 4 is 23.9 Å². The van der Waals surface area contributed by atoms with E-state index in [0.717, 1.165) is 27.7 Å². The summed E-state index contributed by atoms with van der Waals surface area (Å²) in [4.78, 5) is 46.0. The van der Waals surface area contributed by atoms with Crippen LogP contribution in [0.15, 0.2) is 0 Å². The van der Waals surface area contributed by atoms with Crippen molar-refractivity contribution < 1.29 is 57.8 Å². The molecule has 166 valence electrons. The van der Waals surface area contributed by atoms with Gasteiger partial charge in [-0.05, 0) is 0 Å². The molecule has 1 heterocycles. The molecule has 0 aromatic rings. The molecule has 1 saturated heterocycles. The summed E-state index contributed by atoms with van der Waals surface area (Å²) in [7, 11) is 0. The first-order valence-corrected chi connectivity index (χ1v) is 8.76. The van der Waals surface area contributed by atoms with E-state index >= 15 is 0 Å². The van der Waals surface area contributed by atoms with E-state index in [-0.39, 0.29) is 0 Å². The summed E-state index contributed by atoms with van der Waals surface area (Å²) in [5.41, 5.74) is 0. The SMILES string of the molecule is CC(=O)OCC1OC(OC(CO)CO)C(OC(C)=O)C(OC(C)=O)C1OC(C)=O. The molecule has 5 unspecified atom stereocenters. The molecule has 1 rings (SSSR count). The first-order chi connectivity index (χ1) is 13.6. The quantitative estimate of drug-likeness (QED) is 0.325. The van der Waals surface area contributed by atoms with Crippen LogP contribution in [0.4, 0.5) is 0 Å². The van der Waals surface area contributed by atoms with E-state index in [1.54, 1.807) is 0 Å². The van der Waals surface area contributed by atoms with E-state index in [2.05, 4.69) is 0 Å². The van der Waals surface area contributed by atoms with Gasteiger partial charge >= 0.3 is 23.9 Å². The lowest BCUT2D eigenvalue weighted by Crippen LogP contribution is -2.63. The van der Waals surface area contributed by atoms with Gasteiger partial charge in [-0.2, -0.15) is 0 Å². The van der Waals surface area contributed by atoms with Gasteiger partial charge in [0.1, 0.15) is 18.8 Å². The molecule has 12 nitrogen and oxygen atoms in total. The first kappa shape index (κ1) is 24.8. The minimum Gasteiger partial charge on any atom is -0.463 e. The van der Waals surface area contributed by atoms with Gasteiger partial charge < -0.3 is 38.6 Å². The van der Waals surface area contributed by atoms with Crippen molar-refractivity contribution in [3.8, 4) is 0 Å². The van der Waals surface area contributed by atoms with Gasteiger partial charge in [0.25, 0.3) is 0 Å². The molecule has 12 heteroatoms. The number of hydrogen-bond acceptors (Lipinski definition) is 12. The third-order valence-electron chi connectivity index (χ3n) is 3.68. The van der Waals surface area contributed by atoms with Crippen LogP contribution in [0.1, 0.15) is 27.7 Å². The van der Waals surface area contributed by atoms with Crippen LogP contribution in [0, 0.1) is 0 Å². The van der Waals surface area contributed by atoms with Gasteiger partial charge in [-0.25, -0.2) is 0 Å². The van der Waals surface area contributed by atoms with Crippen LogP contribution in [0.3, 0.4) is 0 Å². The van der Waals surface area contributed by atoms with Gasteiger partial charge in [-0.1, -0.05) is 0 Å². The highest BCUT2D eigenvalue weighted by molar-refractivity contribution is 5.68. The van der Waals surface area contributed by atoms with Gasteiger partial charge in [-0.3, -0.25) is 19.2 Å². The monoisotopic (exact) mass is 422 g/mol. The highest BCUT2D eigenvalue weighted by Crippen LogP contribution is 2.30. The van der Waals surface area contributed by atoms with E-state index in [9.17, 15) is 29.4 Å². The summed E-state index contributed by atoms with van der Waals surface area (Å²) in [6, 6.07) is 0. The molecule has 1 aliphatic rings. The largest absolute Gasteiger partial charge is 0.463 e. The van der Waals surface area contributed by atoms with Crippen molar-refractivity contribution in [2.45, 2.75) is 64.5 Å². The summed E-state index contributed by atoms with van der Waals surface area (Å²) in [6.07, 6.45) is -7.81. The number of aliphatic hydroxyl groups excluding tert-OH is 2. The van der Waals surface area contributed by atoms with Gasteiger partial charge in [0, 0.05) is 27.7 Å². The van der Waals surface area contributed by atoms with Crippen molar-refractivity contribution in [3.05, 3.63) is 0 Å². The predicted molar refractivity (Wildman–Crippen MR) is 91.0 cm³/mol. The Hall–Kier alpha value is -2.28. The Morgan fingerprint density at radius 2 is 1.28 bits per heavy atom. The molecule has 0 spiro atoms. The van der Waals surface area contributed by atoms with Crippen LogP contribution in [-0.2, 0) is 47.6 Å². The number of carbonyl (C=O) groups is 4. The number of hydrogen-bond donors (Lipinski definition) is 2. The lowest BCUT2D eigenvalue weighted by atomic mass is 9.98. The molecular formula is C17H26O12. The Balaban J connectivity index is 3.31. The second kappa shape index (κ2) is 11.7. The predicted octanol–water partition coefficient (Wildman–Crippen LogP) is -1.56. The summed E-state index contributed by atoms with van der Waals surface area (Å²) in [5.74, 6) is -2.97. The van der Waals surface area contributed by atoms with Crippen LogP contribution in [0.5, 0.6) is 0 Å². The van der Waals surface area contributed by atoms with Crippen molar-refractivity contribution in [1.82, 2.24) is 0 Å². The number of carbonyl (C=O) groups excluding carboxylic acids is 4. The maximum Gasteiger partial charge on any atom is 0.303 e. The van der Waals surface area contributed by atoms with Crippen LogP contribution >= 0.6 is 0 Å². The van der Waals surface area contributed by atoms with Crippen LogP contribution < -0.4 is 0 Å². The molecule has 0 saturated carbocycles. The molecule has 0 amide bonds. The summed E-state index contributed by atoms with van der Waals surface area (Å²) >= 11 is 0. The second-order valence-corrected chi connectivity index (χ2v) is 6.19. The minimum absolute atomic E-state index is 0.402. The van der Waals surface area contributed by atoms with Gasteiger partial charge in [0.15, 0.2) is 24.6 Å².